The van der Waals surface area contributed by atoms with Crippen LogP contribution in [-0.4, -0.2) is 42.9 Å². The molecule has 2 heterocycles. The zero-order valence-electron chi connectivity index (χ0n) is 16.9. The molecule has 8 nitrogen and oxygen atoms in total. The summed E-state index contributed by atoms with van der Waals surface area (Å²) in [4.78, 5) is 12.9. The molecule has 2 aromatic carbocycles. The van der Waals surface area contributed by atoms with Gasteiger partial charge in [0.05, 0.1) is 18.0 Å². The van der Waals surface area contributed by atoms with E-state index in [1.807, 2.05) is 6.07 Å². The Morgan fingerprint density at radius 2 is 1.97 bits per heavy atom. The maximum Gasteiger partial charge on any atom is 0.269 e. The van der Waals surface area contributed by atoms with Crippen molar-refractivity contribution in [2.75, 3.05) is 21.9 Å². The van der Waals surface area contributed by atoms with Crippen molar-refractivity contribution in [1.82, 2.24) is 10.2 Å². The van der Waals surface area contributed by atoms with Gasteiger partial charge in [0, 0.05) is 5.75 Å². The Bertz CT molecular complexity index is 1210. The monoisotopic (exact) mass is 488 g/mol. The number of hydrogen-bond acceptors (Lipinski definition) is 8. The van der Waals surface area contributed by atoms with Gasteiger partial charge in [-0.1, -0.05) is 71.6 Å². The Labute approximate surface area is 194 Å². The largest absolute Gasteiger partial charge is 0.476 e. The van der Waals surface area contributed by atoms with Gasteiger partial charge in [0.25, 0.3) is 5.91 Å². The van der Waals surface area contributed by atoms with Crippen LogP contribution < -0.4 is 14.4 Å². The Kier molecular flexibility index (Phi) is 6.77. The van der Waals surface area contributed by atoms with Crippen molar-refractivity contribution in [3.8, 4) is 5.75 Å². The zero-order chi connectivity index (χ0) is 22.6. The number of nitrogens with one attached hydrogen (secondary N) is 1. The van der Waals surface area contributed by atoms with E-state index in [1.165, 1.54) is 27.4 Å². The molecular weight excluding hydrogens is 468 g/mol. The zero-order valence-corrected chi connectivity index (χ0v) is 19.3. The predicted octanol–water partition coefficient (Wildman–Crippen LogP) is 3.55. The summed E-state index contributed by atoms with van der Waals surface area (Å²) in [5, 5.41) is 11.0. The molecule has 1 aliphatic rings. The number of anilines is 2. The quantitative estimate of drug-likeness (QED) is 0.294. The van der Waals surface area contributed by atoms with Crippen LogP contribution in [0.15, 0.2) is 71.6 Å². The molecule has 0 saturated carbocycles. The molecule has 0 radical (unpaired) electrons. The number of sulfonamides is 1. The molecule has 166 valence electrons. The Balaban J connectivity index is 1.54. The minimum atomic E-state index is -3.76. The standard InChI is InChI=1S/C21H20N4O4S3/c1-2-12-30-21-24-23-20(31-21)22-19(26)18-13-25(16-10-6-7-11-17(16)29-18)32(27,28)14-15-8-4-3-5-9-15/h2-11,18H,1,12-14H2,(H,22,23,26)/t18-/m1/s1. The van der Waals surface area contributed by atoms with E-state index in [1.54, 1.807) is 54.6 Å². The van der Waals surface area contributed by atoms with Crippen molar-refractivity contribution >= 4 is 49.8 Å². The molecule has 0 unspecified atom stereocenters. The molecule has 1 N–H and O–H groups in total. The molecule has 1 aromatic heterocycles. The van der Waals surface area contributed by atoms with E-state index in [2.05, 4.69) is 22.1 Å². The number of benzene rings is 2. The van der Waals surface area contributed by atoms with Crippen LogP contribution in [0.25, 0.3) is 0 Å². The molecule has 3 aromatic rings. The Hall–Kier alpha value is -2.89. The lowest BCUT2D eigenvalue weighted by Gasteiger charge is -2.34. The van der Waals surface area contributed by atoms with Gasteiger partial charge in [0.2, 0.25) is 15.2 Å². The molecule has 11 heteroatoms. The van der Waals surface area contributed by atoms with Gasteiger partial charge in [-0.2, -0.15) is 0 Å². The first-order chi connectivity index (χ1) is 15.5. The smallest absolute Gasteiger partial charge is 0.269 e. The summed E-state index contributed by atoms with van der Waals surface area (Å²) in [5.74, 6) is 0.335. The van der Waals surface area contributed by atoms with E-state index >= 15 is 0 Å². The minimum absolute atomic E-state index is 0.144. The molecule has 0 fully saturated rings. The first kappa shape index (κ1) is 22.3. The Morgan fingerprint density at radius 3 is 2.75 bits per heavy atom. The van der Waals surface area contributed by atoms with E-state index in [0.717, 1.165) is 0 Å². The molecular formula is C21H20N4O4S3. The lowest BCUT2D eigenvalue weighted by Crippen LogP contribution is -2.49. The SMILES string of the molecule is C=CCSc1nnc(NC(=O)[C@H]2CN(S(=O)(=O)Cc3ccccc3)c3ccccc3O2)s1. The highest BCUT2D eigenvalue weighted by Gasteiger charge is 2.37. The minimum Gasteiger partial charge on any atom is -0.476 e. The van der Waals surface area contributed by atoms with E-state index < -0.39 is 22.0 Å². The summed E-state index contributed by atoms with van der Waals surface area (Å²) in [6.07, 6.45) is 0.714. The third-order valence-electron chi connectivity index (χ3n) is 4.52. The molecule has 0 aliphatic carbocycles. The average molecular weight is 489 g/mol. The van der Waals surface area contributed by atoms with Crippen LogP contribution in [0.5, 0.6) is 5.75 Å². The van der Waals surface area contributed by atoms with Crippen molar-refractivity contribution in [2.24, 2.45) is 0 Å². The molecule has 0 bridgehead atoms. The second-order valence-corrected chi connectivity index (χ2v) is 10.9. The van der Waals surface area contributed by atoms with Gasteiger partial charge in [0.15, 0.2) is 10.4 Å². The lowest BCUT2D eigenvalue weighted by atomic mass is 10.2. The maximum absolute atomic E-state index is 13.3. The van der Waals surface area contributed by atoms with E-state index in [-0.39, 0.29) is 12.3 Å². The number of hydrogen-bond donors (Lipinski definition) is 1. The highest BCUT2D eigenvalue weighted by Crippen LogP contribution is 2.36. The van der Waals surface area contributed by atoms with Crippen LogP contribution in [0.3, 0.4) is 0 Å². The van der Waals surface area contributed by atoms with E-state index in [9.17, 15) is 13.2 Å². The van der Waals surface area contributed by atoms with Crippen LogP contribution >= 0.6 is 23.1 Å². The van der Waals surface area contributed by atoms with E-state index in [4.69, 9.17) is 4.74 Å². The second-order valence-electron chi connectivity index (χ2n) is 6.81. The number of fused-ring (bicyclic) bond motifs is 1. The number of rotatable bonds is 8. The summed E-state index contributed by atoms with van der Waals surface area (Å²) in [6.45, 7) is 3.52. The topological polar surface area (TPSA) is 101 Å². The highest BCUT2D eigenvalue weighted by atomic mass is 32.2. The molecule has 0 spiro atoms. The maximum atomic E-state index is 13.3. The number of carbonyl (C=O) groups excluding carboxylic acids is 1. The number of aromatic nitrogens is 2. The lowest BCUT2D eigenvalue weighted by molar-refractivity contribution is -0.122. The third-order valence-corrected chi connectivity index (χ3v) is 8.20. The normalized spacial score (nSPS) is 15.5. The van der Waals surface area contributed by atoms with Crippen LogP contribution in [0, 0.1) is 0 Å². The van der Waals surface area contributed by atoms with Gasteiger partial charge in [-0.25, -0.2) is 8.42 Å². The summed E-state index contributed by atoms with van der Waals surface area (Å²) in [5.41, 5.74) is 1.07. The fourth-order valence-electron chi connectivity index (χ4n) is 3.10. The fourth-order valence-corrected chi connectivity index (χ4v) is 6.20. The van der Waals surface area contributed by atoms with Crippen molar-refractivity contribution in [1.29, 1.82) is 0 Å². The number of para-hydroxylation sites is 2. The molecule has 4 rings (SSSR count). The summed E-state index contributed by atoms with van der Waals surface area (Å²) < 4.78 is 34.3. The van der Waals surface area contributed by atoms with Gasteiger partial charge in [-0.05, 0) is 17.7 Å². The first-order valence-corrected chi connectivity index (χ1v) is 13.1. The fraction of sp³-hybridized carbons (Fsp3) is 0.190. The first-order valence-electron chi connectivity index (χ1n) is 9.64. The van der Waals surface area contributed by atoms with Crippen molar-refractivity contribution < 1.29 is 17.9 Å². The van der Waals surface area contributed by atoms with Gasteiger partial charge >= 0.3 is 0 Å². The molecule has 1 atom stereocenters. The molecule has 1 amide bonds. The number of nitrogens with zero attached hydrogens (tertiary/aromatic N) is 3. The van der Waals surface area contributed by atoms with Crippen molar-refractivity contribution in [3.63, 3.8) is 0 Å². The van der Waals surface area contributed by atoms with Crippen LogP contribution in [0.1, 0.15) is 5.56 Å². The van der Waals surface area contributed by atoms with Gasteiger partial charge in [0.1, 0.15) is 5.75 Å². The average Bonchev–Trinajstić information content (AvgIpc) is 3.24. The number of carbonyl (C=O) groups is 1. The number of ether oxygens (including phenoxy) is 1. The van der Waals surface area contributed by atoms with Crippen LogP contribution in [0.2, 0.25) is 0 Å². The third kappa shape index (κ3) is 5.12. The second kappa shape index (κ2) is 9.72. The van der Waals surface area contributed by atoms with Gasteiger partial charge in [-0.15, -0.1) is 16.8 Å². The molecule has 1 aliphatic heterocycles. The number of thioether (sulfide) groups is 1. The number of amides is 1. The van der Waals surface area contributed by atoms with E-state index in [0.29, 0.717) is 32.2 Å². The summed E-state index contributed by atoms with van der Waals surface area (Å²) in [7, 11) is -3.76. The van der Waals surface area contributed by atoms with Crippen molar-refractivity contribution in [3.05, 3.63) is 72.8 Å². The van der Waals surface area contributed by atoms with Gasteiger partial charge in [-0.3, -0.25) is 14.4 Å². The summed E-state index contributed by atoms with van der Waals surface area (Å²) in [6, 6.07) is 15.7. The van der Waals surface area contributed by atoms with Gasteiger partial charge < -0.3 is 4.74 Å². The molecule has 32 heavy (non-hydrogen) atoms. The van der Waals surface area contributed by atoms with Crippen LogP contribution in [0.4, 0.5) is 10.8 Å². The Morgan fingerprint density at radius 1 is 1.22 bits per heavy atom. The van der Waals surface area contributed by atoms with Crippen LogP contribution in [-0.2, 0) is 20.6 Å². The highest BCUT2D eigenvalue weighted by molar-refractivity contribution is 8.01. The predicted molar refractivity (Wildman–Crippen MR) is 127 cm³/mol. The molecule has 0 saturated heterocycles. The van der Waals surface area contributed by atoms with Crippen molar-refractivity contribution in [2.45, 2.75) is 16.2 Å². The summed E-state index contributed by atoms with van der Waals surface area (Å²) >= 11 is 2.69.